The van der Waals surface area contributed by atoms with Crippen LogP contribution in [0.4, 0.5) is 0 Å². The zero-order valence-electron chi connectivity index (χ0n) is 9.06. The van der Waals surface area contributed by atoms with Crippen LogP contribution in [0.2, 0.25) is 0 Å². The number of fused-ring (bicyclic) bond motifs is 2. The normalized spacial score (nSPS) is 33.1. The van der Waals surface area contributed by atoms with E-state index in [1.165, 1.54) is 5.56 Å². The van der Waals surface area contributed by atoms with Gasteiger partial charge in [-0.3, -0.25) is 9.59 Å². The summed E-state index contributed by atoms with van der Waals surface area (Å²) in [6.45, 7) is 0. The SMILES string of the molecule is O=C1C(=O)C2CC1CC(c1ccccc1)C2. The smallest absolute Gasteiger partial charge is 0.201 e. The van der Waals surface area contributed by atoms with E-state index in [0.29, 0.717) is 5.92 Å². The molecule has 0 N–H and O–H groups in total. The average molecular weight is 214 g/mol. The van der Waals surface area contributed by atoms with Gasteiger partial charge in [0.15, 0.2) is 0 Å². The van der Waals surface area contributed by atoms with Crippen molar-refractivity contribution in [1.82, 2.24) is 0 Å². The monoisotopic (exact) mass is 214 g/mol. The molecule has 1 aromatic carbocycles. The molecule has 0 radical (unpaired) electrons. The number of Topliss-reactive ketones (excluding diaryl/α,β-unsaturated/α-hetero) is 2. The molecule has 82 valence electrons. The van der Waals surface area contributed by atoms with Crippen LogP contribution >= 0.6 is 0 Å². The third kappa shape index (κ3) is 1.41. The van der Waals surface area contributed by atoms with Crippen LogP contribution in [0.5, 0.6) is 0 Å². The lowest BCUT2D eigenvalue weighted by atomic mass is 9.77. The first-order valence-electron chi connectivity index (χ1n) is 5.88. The zero-order chi connectivity index (χ0) is 11.1. The minimum absolute atomic E-state index is 0.0106. The molecule has 1 aromatic rings. The molecule has 2 fully saturated rings. The fourth-order valence-corrected chi connectivity index (χ4v) is 3.15. The molecule has 2 aliphatic carbocycles. The number of rotatable bonds is 1. The lowest BCUT2D eigenvalue weighted by Crippen LogP contribution is -2.16. The van der Waals surface area contributed by atoms with Crippen molar-refractivity contribution in [2.45, 2.75) is 25.2 Å². The number of benzene rings is 1. The first-order valence-corrected chi connectivity index (χ1v) is 5.88. The summed E-state index contributed by atoms with van der Waals surface area (Å²) in [6.07, 6.45) is 2.54. The van der Waals surface area contributed by atoms with Gasteiger partial charge in [0.25, 0.3) is 0 Å². The Morgan fingerprint density at radius 2 is 1.25 bits per heavy atom. The number of hydrogen-bond donors (Lipinski definition) is 0. The van der Waals surface area contributed by atoms with Gasteiger partial charge in [0.05, 0.1) is 0 Å². The van der Waals surface area contributed by atoms with Gasteiger partial charge in [-0.05, 0) is 30.7 Å². The van der Waals surface area contributed by atoms with Crippen LogP contribution in [0.25, 0.3) is 0 Å². The Balaban J connectivity index is 1.87. The molecule has 2 atom stereocenters. The molecule has 2 aliphatic rings. The van der Waals surface area contributed by atoms with E-state index in [1.54, 1.807) is 0 Å². The second-order valence-electron chi connectivity index (χ2n) is 4.94. The molecule has 2 unspecified atom stereocenters. The largest absolute Gasteiger partial charge is 0.291 e. The summed E-state index contributed by atoms with van der Waals surface area (Å²) in [4.78, 5) is 23.2. The maximum Gasteiger partial charge on any atom is 0.201 e. The van der Waals surface area contributed by atoms with Gasteiger partial charge in [-0.1, -0.05) is 30.3 Å². The number of hydrogen-bond acceptors (Lipinski definition) is 2. The topological polar surface area (TPSA) is 34.1 Å². The van der Waals surface area contributed by atoms with Gasteiger partial charge >= 0.3 is 0 Å². The molecule has 0 amide bonds. The van der Waals surface area contributed by atoms with Crippen LogP contribution in [0.15, 0.2) is 30.3 Å². The average Bonchev–Trinajstić information content (AvgIpc) is 2.54. The molecular weight excluding hydrogens is 200 g/mol. The predicted octanol–water partition coefficient (Wildman–Crippen LogP) is 2.34. The van der Waals surface area contributed by atoms with Crippen molar-refractivity contribution in [3.8, 4) is 0 Å². The molecule has 2 bridgehead atoms. The van der Waals surface area contributed by atoms with Crippen LogP contribution in [0, 0.1) is 11.8 Å². The van der Waals surface area contributed by atoms with Gasteiger partial charge in [-0.25, -0.2) is 0 Å². The maximum absolute atomic E-state index is 11.6. The van der Waals surface area contributed by atoms with Gasteiger partial charge in [0.2, 0.25) is 11.6 Å². The summed E-state index contributed by atoms with van der Waals surface area (Å²) in [5.41, 5.74) is 1.28. The summed E-state index contributed by atoms with van der Waals surface area (Å²) in [7, 11) is 0. The molecule has 2 nitrogen and oxygen atoms in total. The number of ketones is 2. The molecule has 2 heteroatoms. The predicted molar refractivity (Wildman–Crippen MR) is 60.0 cm³/mol. The lowest BCUT2D eigenvalue weighted by molar-refractivity contribution is -0.136. The second kappa shape index (κ2) is 3.55. The first kappa shape index (κ1) is 9.76. The summed E-state index contributed by atoms with van der Waals surface area (Å²) in [5, 5.41) is 0. The van der Waals surface area contributed by atoms with Crippen LogP contribution in [0.3, 0.4) is 0 Å². The molecule has 2 saturated carbocycles. The highest BCUT2D eigenvalue weighted by Crippen LogP contribution is 2.44. The van der Waals surface area contributed by atoms with Crippen LogP contribution in [0.1, 0.15) is 30.7 Å². The summed E-state index contributed by atoms with van der Waals surface area (Å²) >= 11 is 0. The van der Waals surface area contributed by atoms with Crippen molar-refractivity contribution in [2.75, 3.05) is 0 Å². The fourth-order valence-electron chi connectivity index (χ4n) is 3.15. The van der Waals surface area contributed by atoms with E-state index in [1.807, 2.05) is 18.2 Å². The minimum atomic E-state index is -0.108. The van der Waals surface area contributed by atoms with Crippen molar-refractivity contribution in [3.05, 3.63) is 35.9 Å². The molecule has 0 aromatic heterocycles. The second-order valence-corrected chi connectivity index (χ2v) is 4.94. The van der Waals surface area contributed by atoms with Gasteiger partial charge in [0, 0.05) is 11.8 Å². The maximum atomic E-state index is 11.6. The highest BCUT2D eigenvalue weighted by molar-refractivity contribution is 6.40. The summed E-state index contributed by atoms with van der Waals surface area (Å²) < 4.78 is 0. The number of carbonyl (C=O) groups excluding carboxylic acids is 2. The van der Waals surface area contributed by atoms with Crippen LogP contribution < -0.4 is 0 Å². The van der Waals surface area contributed by atoms with Gasteiger partial charge < -0.3 is 0 Å². The van der Waals surface area contributed by atoms with Crippen molar-refractivity contribution in [3.63, 3.8) is 0 Å². The minimum Gasteiger partial charge on any atom is -0.291 e. The Kier molecular flexibility index (Phi) is 2.16. The molecule has 0 heterocycles. The molecule has 0 aliphatic heterocycles. The Hall–Kier alpha value is -1.44. The number of carbonyl (C=O) groups is 2. The summed E-state index contributed by atoms with van der Waals surface area (Å²) in [6, 6.07) is 10.2. The molecule has 16 heavy (non-hydrogen) atoms. The van der Waals surface area contributed by atoms with Crippen molar-refractivity contribution < 1.29 is 9.59 Å². The molecular formula is C14H14O2. The standard InChI is InChI=1S/C14H14O2/c15-13-11-6-10(7-12(8-11)14(13)16)9-4-2-1-3-5-9/h1-5,10-12H,6-8H2. The van der Waals surface area contributed by atoms with Crippen molar-refractivity contribution in [2.24, 2.45) is 11.8 Å². The Bertz CT molecular complexity index is 413. The van der Waals surface area contributed by atoms with Crippen LogP contribution in [-0.2, 0) is 9.59 Å². The van der Waals surface area contributed by atoms with Gasteiger partial charge in [0.1, 0.15) is 0 Å². The Morgan fingerprint density at radius 3 is 1.81 bits per heavy atom. The highest BCUT2D eigenvalue weighted by Gasteiger charge is 2.46. The van der Waals surface area contributed by atoms with Gasteiger partial charge in [-0.2, -0.15) is 0 Å². The van der Waals surface area contributed by atoms with E-state index < -0.39 is 0 Å². The lowest BCUT2D eigenvalue weighted by Gasteiger charge is -2.25. The molecule has 0 saturated heterocycles. The van der Waals surface area contributed by atoms with E-state index in [2.05, 4.69) is 12.1 Å². The highest BCUT2D eigenvalue weighted by atomic mass is 16.2. The quantitative estimate of drug-likeness (QED) is 0.672. The summed E-state index contributed by atoms with van der Waals surface area (Å²) in [5.74, 6) is 0.208. The zero-order valence-corrected chi connectivity index (χ0v) is 9.06. The van der Waals surface area contributed by atoms with E-state index >= 15 is 0 Å². The fraction of sp³-hybridized carbons (Fsp3) is 0.429. The van der Waals surface area contributed by atoms with Crippen LogP contribution in [-0.4, -0.2) is 11.6 Å². The van der Waals surface area contributed by atoms with Gasteiger partial charge in [-0.15, -0.1) is 0 Å². The Labute approximate surface area is 94.7 Å². The first-order chi connectivity index (χ1) is 7.75. The Morgan fingerprint density at radius 1 is 0.750 bits per heavy atom. The third-order valence-corrected chi connectivity index (χ3v) is 3.96. The van der Waals surface area contributed by atoms with Crippen molar-refractivity contribution >= 4 is 11.6 Å². The van der Waals surface area contributed by atoms with E-state index in [4.69, 9.17) is 0 Å². The van der Waals surface area contributed by atoms with E-state index in [0.717, 1.165) is 19.3 Å². The molecule has 3 rings (SSSR count). The van der Waals surface area contributed by atoms with E-state index in [9.17, 15) is 9.59 Å². The third-order valence-electron chi connectivity index (χ3n) is 3.96. The van der Waals surface area contributed by atoms with Crippen molar-refractivity contribution in [1.29, 1.82) is 0 Å². The van der Waals surface area contributed by atoms with E-state index in [-0.39, 0.29) is 23.4 Å². The molecule has 0 spiro atoms.